The normalized spacial score (nSPS) is 10.6. The Balaban J connectivity index is 1.65. The van der Waals surface area contributed by atoms with E-state index in [1.54, 1.807) is 7.11 Å². The van der Waals surface area contributed by atoms with Crippen molar-refractivity contribution < 1.29 is 13.9 Å². The Hall–Kier alpha value is -3.93. The lowest BCUT2D eigenvalue weighted by atomic mass is 10.0. The lowest BCUT2D eigenvalue weighted by Gasteiger charge is -2.04. The molecule has 0 bridgehead atoms. The molecule has 150 valence electrons. The summed E-state index contributed by atoms with van der Waals surface area (Å²) in [5.41, 5.74) is 3.99. The third kappa shape index (κ3) is 4.38. The van der Waals surface area contributed by atoms with Crippen molar-refractivity contribution in [2.45, 2.75) is 6.42 Å². The number of ether oxygens (including phenoxy) is 1. The van der Waals surface area contributed by atoms with E-state index in [-0.39, 0.29) is 5.91 Å². The van der Waals surface area contributed by atoms with Crippen LogP contribution in [0.25, 0.3) is 11.3 Å². The first kappa shape index (κ1) is 19.4. The Morgan fingerprint density at radius 2 is 1.70 bits per heavy atom. The van der Waals surface area contributed by atoms with Gasteiger partial charge in [0.15, 0.2) is 0 Å². The van der Waals surface area contributed by atoms with Gasteiger partial charge in [0.05, 0.1) is 12.8 Å². The molecule has 0 saturated heterocycles. The Morgan fingerprint density at radius 1 is 1.00 bits per heavy atom. The van der Waals surface area contributed by atoms with Crippen LogP contribution in [-0.4, -0.2) is 23.0 Å². The minimum Gasteiger partial charge on any atom is -0.497 e. The monoisotopic (exact) mass is 401 g/mol. The standard InChI is InChI=1S/C24H20FN3O2/c1-30-20-13-9-17(10-14-20)22-21(15-16-5-3-2-4-6-16)26-24(27-22)28-23(29)18-7-11-19(25)12-8-18/h2-14H,15H2,1H3,(H2,26,27,28,29). The molecule has 0 fully saturated rings. The van der Waals surface area contributed by atoms with Crippen molar-refractivity contribution in [2.75, 3.05) is 12.4 Å². The van der Waals surface area contributed by atoms with Gasteiger partial charge in [0.1, 0.15) is 11.6 Å². The number of nitrogens with one attached hydrogen (secondary N) is 2. The minimum absolute atomic E-state index is 0.334. The molecule has 6 heteroatoms. The molecule has 0 radical (unpaired) electrons. The number of nitrogens with zero attached hydrogens (tertiary/aromatic N) is 1. The van der Waals surface area contributed by atoms with Crippen molar-refractivity contribution in [3.05, 3.63) is 102 Å². The van der Waals surface area contributed by atoms with Gasteiger partial charge >= 0.3 is 0 Å². The van der Waals surface area contributed by atoms with Gasteiger partial charge in [0.25, 0.3) is 5.91 Å². The second-order valence-corrected chi connectivity index (χ2v) is 6.76. The zero-order valence-corrected chi connectivity index (χ0v) is 16.4. The van der Waals surface area contributed by atoms with Gasteiger partial charge in [-0.3, -0.25) is 10.1 Å². The number of benzene rings is 3. The molecule has 4 rings (SSSR count). The number of carbonyl (C=O) groups excluding carboxylic acids is 1. The van der Waals surface area contributed by atoms with E-state index in [1.807, 2.05) is 54.6 Å². The summed E-state index contributed by atoms with van der Waals surface area (Å²) in [6.45, 7) is 0. The number of carbonyl (C=O) groups is 1. The van der Waals surface area contributed by atoms with Gasteiger partial charge in [0.2, 0.25) is 5.95 Å². The fraction of sp³-hybridized carbons (Fsp3) is 0.0833. The summed E-state index contributed by atoms with van der Waals surface area (Å²) in [5.74, 6) is 0.331. The zero-order valence-electron chi connectivity index (χ0n) is 16.4. The average Bonchev–Trinajstić information content (AvgIpc) is 3.17. The highest BCUT2D eigenvalue weighted by molar-refractivity contribution is 6.03. The first-order valence-corrected chi connectivity index (χ1v) is 9.46. The number of halogens is 1. The first-order chi connectivity index (χ1) is 14.6. The quantitative estimate of drug-likeness (QED) is 0.474. The maximum absolute atomic E-state index is 13.1. The predicted octanol–water partition coefficient (Wildman–Crippen LogP) is 5.07. The number of hydrogen-bond acceptors (Lipinski definition) is 3. The number of H-pyrrole nitrogens is 1. The fourth-order valence-electron chi connectivity index (χ4n) is 3.17. The van der Waals surface area contributed by atoms with Crippen LogP contribution < -0.4 is 10.1 Å². The maximum atomic E-state index is 13.1. The smallest absolute Gasteiger partial charge is 0.257 e. The summed E-state index contributed by atoms with van der Waals surface area (Å²) in [5, 5.41) is 2.76. The molecule has 1 aromatic heterocycles. The van der Waals surface area contributed by atoms with Crippen molar-refractivity contribution in [3.8, 4) is 17.0 Å². The molecule has 5 nitrogen and oxygen atoms in total. The van der Waals surface area contributed by atoms with Gasteiger partial charge in [-0.1, -0.05) is 30.3 Å². The molecule has 0 aliphatic carbocycles. The molecule has 1 amide bonds. The Bertz CT molecular complexity index is 1140. The van der Waals surface area contributed by atoms with E-state index in [4.69, 9.17) is 4.74 Å². The molecule has 0 unspecified atom stereocenters. The molecule has 0 aliphatic rings. The van der Waals surface area contributed by atoms with Crippen molar-refractivity contribution in [1.29, 1.82) is 0 Å². The van der Waals surface area contributed by atoms with Crippen LogP contribution in [0.15, 0.2) is 78.9 Å². The Kier molecular flexibility index (Phi) is 5.57. The number of anilines is 1. The fourth-order valence-corrected chi connectivity index (χ4v) is 3.17. The van der Waals surface area contributed by atoms with Gasteiger partial charge in [-0.15, -0.1) is 0 Å². The van der Waals surface area contributed by atoms with E-state index in [0.717, 1.165) is 28.3 Å². The van der Waals surface area contributed by atoms with Gasteiger partial charge < -0.3 is 9.72 Å². The van der Waals surface area contributed by atoms with Crippen LogP contribution in [0, 0.1) is 5.82 Å². The van der Waals surface area contributed by atoms with Crippen LogP contribution in [0.2, 0.25) is 0 Å². The van der Waals surface area contributed by atoms with Crippen LogP contribution in [0.3, 0.4) is 0 Å². The summed E-state index contributed by atoms with van der Waals surface area (Å²) >= 11 is 0. The van der Waals surface area contributed by atoms with Crippen molar-refractivity contribution in [2.24, 2.45) is 0 Å². The predicted molar refractivity (Wildman–Crippen MR) is 114 cm³/mol. The maximum Gasteiger partial charge on any atom is 0.257 e. The molecule has 0 atom stereocenters. The summed E-state index contributed by atoms with van der Waals surface area (Å²) < 4.78 is 18.4. The third-order valence-corrected chi connectivity index (χ3v) is 4.70. The number of methoxy groups -OCH3 is 1. The summed E-state index contributed by atoms with van der Waals surface area (Å²) in [6.07, 6.45) is 0.627. The highest BCUT2D eigenvalue weighted by Gasteiger charge is 2.15. The summed E-state index contributed by atoms with van der Waals surface area (Å²) in [6, 6.07) is 23.0. The second kappa shape index (κ2) is 8.61. The number of imidazole rings is 1. The van der Waals surface area contributed by atoms with Gasteiger partial charge in [-0.05, 0) is 54.1 Å². The first-order valence-electron chi connectivity index (χ1n) is 9.46. The van der Waals surface area contributed by atoms with Crippen LogP contribution in [0.4, 0.5) is 10.3 Å². The summed E-state index contributed by atoms with van der Waals surface area (Å²) in [7, 11) is 1.62. The van der Waals surface area contributed by atoms with E-state index in [9.17, 15) is 9.18 Å². The average molecular weight is 401 g/mol. The van der Waals surface area contributed by atoms with E-state index >= 15 is 0 Å². The summed E-state index contributed by atoms with van der Waals surface area (Å²) in [4.78, 5) is 20.3. The van der Waals surface area contributed by atoms with Crippen LogP contribution in [-0.2, 0) is 6.42 Å². The molecule has 0 spiro atoms. The molecule has 0 saturated carbocycles. The lowest BCUT2D eigenvalue weighted by molar-refractivity contribution is 0.102. The third-order valence-electron chi connectivity index (χ3n) is 4.70. The molecule has 0 aliphatic heterocycles. The number of rotatable bonds is 6. The largest absolute Gasteiger partial charge is 0.497 e. The van der Waals surface area contributed by atoms with Crippen LogP contribution in [0.5, 0.6) is 5.75 Å². The zero-order chi connectivity index (χ0) is 20.9. The van der Waals surface area contributed by atoms with E-state index in [0.29, 0.717) is 17.9 Å². The number of amides is 1. The molecule has 3 aromatic carbocycles. The molecular formula is C24H20FN3O2. The molecular weight excluding hydrogens is 381 g/mol. The highest BCUT2D eigenvalue weighted by Crippen LogP contribution is 2.27. The topological polar surface area (TPSA) is 67.0 Å². The Morgan fingerprint density at radius 3 is 2.37 bits per heavy atom. The van der Waals surface area contributed by atoms with Crippen LogP contribution in [0.1, 0.15) is 21.6 Å². The molecule has 4 aromatic rings. The number of hydrogen-bond donors (Lipinski definition) is 2. The van der Waals surface area contributed by atoms with Crippen molar-refractivity contribution in [3.63, 3.8) is 0 Å². The van der Waals surface area contributed by atoms with Gasteiger partial charge in [0, 0.05) is 23.2 Å². The van der Waals surface area contributed by atoms with Gasteiger partial charge in [-0.25, -0.2) is 9.37 Å². The lowest BCUT2D eigenvalue weighted by Crippen LogP contribution is -2.13. The SMILES string of the molecule is COc1ccc(-c2nc(NC(=O)c3ccc(F)cc3)[nH]c2Cc2ccccc2)cc1. The minimum atomic E-state index is -0.392. The van der Waals surface area contributed by atoms with Crippen molar-refractivity contribution >= 4 is 11.9 Å². The van der Waals surface area contributed by atoms with E-state index < -0.39 is 5.82 Å². The molecule has 2 N–H and O–H groups in total. The number of aromatic amines is 1. The van der Waals surface area contributed by atoms with Gasteiger partial charge in [-0.2, -0.15) is 0 Å². The molecule has 1 heterocycles. The highest BCUT2D eigenvalue weighted by atomic mass is 19.1. The van der Waals surface area contributed by atoms with Crippen LogP contribution >= 0.6 is 0 Å². The second-order valence-electron chi connectivity index (χ2n) is 6.76. The Labute approximate surface area is 173 Å². The van der Waals surface area contributed by atoms with E-state index in [1.165, 1.54) is 24.3 Å². The van der Waals surface area contributed by atoms with Crippen molar-refractivity contribution in [1.82, 2.24) is 9.97 Å². The van der Waals surface area contributed by atoms with E-state index in [2.05, 4.69) is 15.3 Å². The number of aromatic nitrogens is 2. The molecule has 30 heavy (non-hydrogen) atoms.